The number of carbonyl (C=O) groups excluding carboxylic acids is 1. The van der Waals surface area contributed by atoms with E-state index in [-0.39, 0.29) is 17.2 Å². The molecule has 1 amide bonds. The third kappa shape index (κ3) is 4.30. The van der Waals surface area contributed by atoms with Gasteiger partial charge in [-0.05, 0) is 42.8 Å². The molecule has 4 N–H and O–H groups in total. The fourth-order valence-electron chi connectivity index (χ4n) is 2.51. The summed E-state index contributed by atoms with van der Waals surface area (Å²) in [6, 6.07) is 9.89. The average molecular weight is 367 g/mol. The number of nitrogens with two attached hydrogens (primary N) is 1. The molecule has 0 fully saturated rings. The SMILES string of the molecule is COc1cc(C)cc(Nc2nc(Nc3cccnc3)c(F)cc2C(N)=O)c1. The van der Waals surface area contributed by atoms with Crippen molar-refractivity contribution in [1.82, 2.24) is 9.97 Å². The summed E-state index contributed by atoms with van der Waals surface area (Å²) in [5.41, 5.74) is 7.44. The Morgan fingerprint density at radius 3 is 2.59 bits per heavy atom. The lowest BCUT2D eigenvalue weighted by Crippen LogP contribution is -2.16. The van der Waals surface area contributed by atoms with Crippen molar-refractivity contribution in [3.8, 4) is 5.75 Å². The van der Waals surface area contributed by atoms with Gasteiger partial charge in [-0.15, -0.1) is 0 Å². The number of hydrogen-bond acceptors (Lipinski definition) is 6. The van der Waals surface area contributed by atoms with E-state index in [0.29, 0.717) is 17.1 Å². The summed E-state index contributed by atoms with van der Waals surface area (Å²) in [4.78, 5) is 19.9. The number of carbonyl (C=O) groups is 1. The van der Waals surface area contributed by atoms with Gasteiger partial charge in [0, 0.05) is 18.0 Å². The number of amides is 1. The molecule has 3 rings (SSSR count). The standard InChI is InChI=1S/C19H18FN5O2/c1-11-6-13(8-14(7-11)27-2)24-18-15(17(21)26)9-16(20)19(25-18)23-12-4-3-5-22-10-12/h3-10H,1-2H3,(H2,21,26)(H2,23,24,25). The molecule has 3 aromatic rings. The van der Waals surface area contributed by atoms with Crippen LogP contribution in [0.5, 0.6) is 5.75 Å². The summed E-state index contributed by atoms with van der Waals surface area (Å²) in [7, 11) is 1.56. The van der Waals surface area contributed by atoms with E-state index in [2.05, 4.69) is 20.6 Å². The molecule has 8 heteroatoms. The predicted molar refractivity (Wildman–Crippen MR) is 101 cm³/mol. The third-order valence-electron chi connectivity index (χ3n) is 3.72. The van der Waals surface area contributed by atoms with Crippen molar-refractivity contribution < 1.29 is 13.9 Å². The van der Waals surface area contributed by atoms with Crippen molar-refractivity contribution in [2.45, 2.75) is 6.92 Å². The monoisotopic (exact) mass is 367 g/mol. The lowest BCUT2D eigenvalue weighted by atomic mass is 10.2. The van der Waals surface area contributed by atoms with Gasteiger partial charge in [0.2, 0.25) is 0 Å². The van der Waals surface area contributed by atoms with Gasteiger partial charge in [-0.3, -0.25) is 9.78 Å². The van der Waals surface area contributed by atoms with E-state index >= 15 is 0 Å². The summed E-state index contributed by atoms with van der Waals surface area (Å²) < 4.78 is 19.6. The molecule has 0 aliphatic carbocycles. The maximum Gasteiger partial charge on any atom is 0.252 e. The highest BCUT2D eigenvalue weighted by Gasteiger charge is 2.16. The molecule has 1 aromatic carbocycles. The number of ether oxygens (including phenoxy) is 1. The number of primary amides is 1. The van der Waals surface area contributed by atoms with Crippen LogP contribution in [-0.2, 0) is 0 Å². The summed E-state index contributed by atoms with van der Waals surface area (Å²) in [6.45, 7) is 1.90. The van der Waals surface area contributed by atoms with Crippen molar-refractivity contribution in [3.63, 3.8) is 0 Å². The van der Waals surface area contributed by atoms with E-state index in [9.17, 15) is 9.18 Å². The van der Waals surface area contributed by atoms with Gasteiger partial charge in [0.25, 0.3) is 5.91 Å². The number of nitrogens with zero attached hydrogens (tertiary/aromatic N) is 2. The summed E-state index contributed by atoms with van der Waals surface area (Å²) in [5.74, 6) is -0.802. The van der Waals surface area contributed by atoms with E-state index < -0.39 is 11.7 Å². The number of aromatic nitrogens is 2. The molecule has 0 spiro atoms. The first kappa shape index (κ1) is 18.1. The number of benzene rings is 1. The molecule has 7 nitrogen and oxygen atoms in total. The zero-order chi connectivity index (χ0) is 19.4. The molecule has 0 atom stereocenters. The molecule has 27 heavy (non-hydrogen) atoms. The van der Waals surface area contributed by atoms with E-state index in [0.717, 1.165) is 11.6 Å². The van der Waals surface area contributed by atoms with Gasteiger partial charge < -0.3 is 21.1 Å². The molecular weight excluding hydrogens is 349 g/mol. The Hall–Kier alpha value is -3.68. The number of halogens is 1. The molecule has 0 aliphatic heterocycles. The molecular formula is C19H18FN5O2. The highest BCUT2D eigenvalue weighted by molar-refractivity contribution is 5.98. The number of aryl methyl sites for hydroxylation is 1. The van der Waals surface area contributed by atoms with Crippen molar-refractivity contribution >= 4 is 28.9 Å². The first-order valence-corrected chi connectivity index (χ1v) is 8.06. The number of nitrogens with one attached hydrogen (secondary N) is 2. The molecule has 0 saturated heterocycles. The van der Waals surface area contributed by atoms with Crippen molar-refractivity contribution in [1.29, 1.82) is 0 Å². The maximum atomic E-state index is 14.4. The van der Waals surface area contributed by atoms with Crippen molar-refractivity contribution in [2.75, 3.05) is 17.7 Å². The first-order chi connectivity index (χ1) is 13.0. The Morgan fingerprint density at radius 1 is 1.15 bits per heavy atom. The highest BCUT2D eigenvalue weighted by Crippen LogP contribution is 2.28. The molecule has 0 unspecified atom stereocenters. The van der Waals surface area contributed by atoms with E-state index in [1.165, 1.54) is 6.20 Å². The largest absolute Gasteiger partial charge is 0.497 e. The minimum atomic E-state index is -0.795. The normalized spacial score (nSPS) is 10.3. The van der Waals surface area contributed by atoms with Crippen molar-refractivity contribution in [3.05, 3.63) is 65.7 Å². The van der Waals surface area contributed by atoms with Crippen LogP contribution < -0.4 is 21.1 Å². The molecule has 0 bridgehead atoms. The Kier molecular flexibility index (Phi) is 5.16. The van der Waals surface area contributed by atoms with Gasteiger partial charge in [-0.25, -0.2) is 9.37 Å². The van der Waals surface area contributed by atoms with Crippen LogP contribution in [0.25, 0.3) is 0 Å². The lowest BCUT2D eigenvalue weighted by molar-refractivity contribution is 0.100. The van der Waals surface area contributed by atoms with Crippen LogP contribution in [0.15, 0.2) is 48.8 Å². The van der Waals surface area contributed by atoms with Gasteiger partial charge in [-0.2, -0.15) is 0 Å². The Labute approximate surface area is 155 Å². The van der Waals surface area contributed by atoms with E-state index in [1.807, 2.05) is 19.1 Å². The van der Waals surface area contributed by atoms with E-state index in [4.69, 9.17) is 10.5 Å². The Balaban J connectivity index is 2.00. The first-order valence-electron chi connectivity index (χ1n) is 8.06. The van der Waals surface area contributed by atoms with Crippen LogP contribution in [-0.4, -0.2) is 23.0 Å². The Morgan fingerprint density at radius 2 is 1.93 bits per heavy atom. The fourth-order valence-corrected chi connectivity index (χ4v) is 2.51. The van der Waals surface area contributed by atoms with Crippen LogP contribution in [0.1, 0.15) is 15.9 Å². The quantitative estimate of drug-likeness (QED) is 0.616. The maximum absolute atomic E-state index is 14.4. The zero-order valence-electron chi connectivity index (χ0n) is 14.8. The molecule has 0 radical (unpaired) electrons. The van der Waals surface area contributed by atoms with Gasteiger partial charge in [-0.1, -0.05) is 0 Å². The van der Waals surface area contributed by atoms with Gasteiger partial charge in [0.05, 0.1) is 24.6 Å². The number of anilines is 4. The van der Waals surface area contributed by atoms with Crippen molar-refractivity contribution in [2.24, 2.45) is 5.73 Å². The summed E-state index contributed by atoms with van der Waals surface area (Å²) in [6.07, 6.45) is 3.13. The minimum Gasteiger partial charge on any atom is -0.497 e. The minimum absolute atomic E-state index is 0.0601. The molecule has 0 saturated carbocycles. The van der Waals surface area contributed by atoms with Crippen LogP contribution in [0.4, 0.5) is 27.4 Å². The van der Waals surface area contributed by atoms with Crippen LogP contribution in [0, 0.1) is 12.7 Å². The molecule has 2 aromatic heterocycles. The molecule has 2 heterocycles. The molecule has 138 valence electrons. The second-order valence-corrected chi connectivity index (χ2v) is 5.81. The van der Waals surface area contributed by atoms with Crippen LogP contribution >= 0.6 is 0 Å². The fraction of sp³-hybridized carbons (Fsp3) is 0.105. The van der Waals surface area contributed by atoms with Crippen LogP contribution in [0.2, 0.25) is 0 Å². The molecule has 0 aliphatic rings. The van der Waals surface area contributed by atoms with Gasteiger partial charge in [0.15, 0.2) is 11.6 Å². The second-order valence-electron chi connectivity index (χ2n) is 5.81. The topological polar surface area (TPSA) is 102 Å². The van der Waals surface area contributed by atoms with Gasteiger partial charge in [0.1, 0.15) is 11.6 Å². The average Bonchev–Trinajstić information content (AvgIpc) is 2.64. The smallest absolute Gasteiger partial charge is 0.252 e. The number of hydrogen-bond donors (Lipinski definition) is 3. The highest BCUT2D eigenvalue weighted by atomic mass is 19.1. The lowest BCUT2D eigenvalue weighted by Gasteiger charge is -2.14. The summed E-state index contributed by atoms with van der Waals surface area (Å²) >= 11 is 0. The third-order valence-corrected chi connectivity index (χ3v) is 3.72. The predicted octanol–water partition coefficient (Wildman–Crippen LogP) is 3.52. The summed E-state index contributed by atoms with van der Waals surface area (Å²) in [5, 5.41) is 5.84. The number of pyridine rings is 2. The van der Waals surface area contributed by atoms with Gasteiger partial charge >= 0.3 is 0 Å². The Bertz CT molecular complexity index is 979. The number of methoxy groups -OCH3 is 1. The van der Waals surface area contributed by atoms with Crippen LogP contribution in [0.3, 0.4) is 0 Å². The number of rotatable bonds is 6. The second kappa shape index (κ2) is 7.69. The zero-order valence-corrected chi connectivity index (χ0v) is 14.8. The van der Waals surface area contributed by atoms with E-state index in [1.54, 1.807) is 31.5 Å².